The Morgan fingerprint density at radius 1 is 1.35 bits per heavy atom. The fourth-order valence-electron chi connectivity index (χ4n) is 2.57. The quantitative estimate of drug-likeness (QED) is 0.714. The number of nitrogens with one attached hydrogen (secondary N) is 2. The van der Waals surface area contributed by atoms with Crippen LogP contribution in [0.3, 0.4) is 0 Å². The third-order valence-corrected chi connectivity index (χ3v) is 4.11. The van der Waals surface area contributed by atoms with Crippen LogP contribution in [0.4, 0.5) is 4.79 Å². The van der Waals surface area contributed by atoms with E-state index in [1.54, 1.807) is 12.0 Å². The first-order chi connectivity index (χ1) is 9.28. The van der Waals surface area contributed by atoms with E-state index >= 15 is 0 Å². The second-order valence-corrected chi connectivity index (χ2v) is 6.01. The van der Waals surface area contributed by atoms with Crippen LogP contribution in [0.5, 0.6) is 0 Å². The third kappa shape index (κ3) is 2.77. The minimum Gasteiger partial charge on any atom is -0.378 e. The summed E-state index contributed by atoms with van der Waals surface area (Å²) >= 11 is 0. The molecular formula is C13H21N3O4. The number of urea groups is 1. The summed E-state index contributed by atoms with van der Waals surface area (Å²) in [5, 5.41) is 4.93. The lowest BCUT2D eigenvalue weighted by Crippen LogP contribution is -2.56. The molecule has 2 rings (SSSR count). The molecule has 20 heavy (non-hydrogen) atoms. The number of likely N-dealkylation sites (tertiary alicyclic amines) is 1. The molecule has 0 bridgehead atoms. The van der Waals surface area contributed by atoms with Crippen molar-refractivity contribution in [1.29, 1.82) is 0 Å². The van der Waals surface area contributed by atoms with Gasteiger partial charge in [-0.1, -0.05) is 0 Å². The van der Waals surface area contributed by atoms with E-state index in [1.807, 2.05) is 13.8 Å². The van der Waals surface area contributed by atoms with Crippen LogP contribution in [-0.2, 0) is 14.3 Å². The molecule has 1 spiro atoms. The number of amides is 4. The van der Waals surface area contributed by atoms with Gasteiger partial charge in [-0.15, -0.1) is 0 Å². The van der Waals surface area contributed by atoms with Crippen LogP contribution in [-0.4, -0.2) is 54.1 Å². The molecule has 0 saturated carbocycles. The Morgan fingerprint density at radius 3 is 2.40 bits per heavy atom. The van der Waals surface area contributed by atoms with Crippen LogP contribution in [0.25, 0.3) is 0 Å². The summed E-state index contributed by atoms with van der Waals surface area (Å²) in [6.07, 6.45) is 1.20. The maximum absolute atomic E-state index is 12.2. The van der Waals surface area contributed by atoms with Crippen molar-refractivity contribution in [1.82, 2.24) is 15.5 Å². The van der Waals surface area contributed by atoms with Crippen molar-refractivity contribution in [3.05, 3.63) is 0 Å². The van der Waals surface area contributed by atoms with Gasteiger partial charge in [0.2, 0.25) is 5.91 Å². The van der Waals surface area contributed by atoms with Gasteiger partial charge < -0.3 is 15.0 Å². The first-order valence-electron chi connectivity index (χ1n) is 6.75. The molecule has 0 aliphatic carbocycles. The number of hydrogen-bond acceptors (Lipinski definition) is 4. The molecule has 4 amide bonds. The highest BCUT2D eigenvalue weighted by Crippen LogP contribution is 2.26. The van der Waals surface area contributed by atoms with Gasteiger partial charge in [-0.3, -0.25) is 14.9 Å². The smallest absolute Gasteiger partial charge is 0.322 e. The van der Waals surface area contributed by atoms with Gasteiger partial charge in [0.25, 0.3) is 5.91 Å². The van der Waals surface area contributed by atoms with Crippen LogP contribution < -0.4 is 10.6 Å². The molecule has 2 N–H and O–H groups in total. The third-order valence-electron chi connectivity index (χ3n) is 4.11. The molecule has 2 heterocycles. The van der Waals surface area contributed by atoms with Crippen molar-refractivity contribution in [3.8, 4) is 0 Å². The molecule has 0 unspecified atom stereocenters. The Balaban J connectivity index is 1.93. The summed E-state index contributed by atoms with van der Waals surface area (Å²) < 4.78 is 5.25. The van der Waals surface area contributed by atoms with Crippen LogP contribution in [0.2, 0.25) is 0 Å². The Hall–Kier alpha value is -1.63. The topological polar surface area (TPSA) is 87.7 Å². The predicted octanol–water partition coefficient (Wildman–Crippen LogP) is 0.00210. The molecule has 7 nitrogen and oxygen atoms in total. The second kappa shape index (κ2) is 5.05. The molecule has 0 aromatic rings. The zero-order valence-corrected chi connectivity index (χ0v) is 12.1. The van der Waals surface area contributed by atoms with E-state index in [4.69, 9.17) is 4.74 Å². The number of piperidine rings is 1. The van der Waals surface area contributed by atoms with Crippen molar-refractivity contribution in [2.45, 2.75) is 44.2 Å². The predicted molar refractivity (Wildman–Crippen MR) is 70.9 cm³/mol. The number of imide groups is 1. The number of carbonyl (C=O) groups excluding carboxylic acids is 3. The fourth-order valence-corrected chi connectivity index (χ4v) is 2.57. The van der Waals surface area contributed by atoms with Gasteiger partial charge in [0, 0.05) is 20.2 Å². The summed E-state index contributed by atoms with van der Waals surface area (Å²) in [5.41, 5.74) is -1.32. The Kier molecular flexibility index (Phi) is 3.73. The second-order valence-electron chi connectivity index (χ2n) is 6.01. The largest absolute Gasteiger partial charge is 0.378 e. The number of ether oxygens (including phenoxy) is 1. The van der Waals surface area contributed by atoms with E-state index in [1.165, 1.54) is 0 Å². The van der Waals surface area contributed by atoms with E-state index < -0.39 is 17.2 Å². The monoisotopic (exact) mass is 283 g/mol. The summed E-state index contributed by atoms with van der Waals surface area (Å²) in [7, 11) is 1.58. The number of rotatable bonds is 3. The highest BCUT2D eigenvalue weighted by atomic mass is 16.5. The lowest BCUT2D eigenvalue weighted by atomic mass is 9.87. The van der Waals surface area contributed by atoms with Crippen molar-refractivity contribution >= 4 is 17.8 Å². The van der Waals surface area contributed by atoms with Gasteiger partial charge in [0.15, 0.2) is 0 Å². The van der Waals surface area contributed by atoms with Gasteiger partial charge in [-0.25, -0.2) is 4.79 Å². The molecule has 0 atom stereocenters. The Bertz CT molecular complexity index is 439. The van der Waals surface area contributed by atoms with Gasteiger partial charge >= 0.3 is 6.03 Å². The van der Waals surface area contributed by atoms with Crippen molar-refractivity contribution < 1.29 is 19.1 Å². The first-order valence-corrected chi connectivity index (χ1v) is 6.75. The van der Waals surface area contributed by atoms with Gasteiger partial charge in [-0.2, -0.15) is 0 Å². The molecule has 7 heteroatoms. The van der Waals surface area contributed by atoms with Crippen LogP contribution in [0.15, 0.2) is 0 Å². The summed E-state index contributed by atoms with van der Waals surface area (Å²) in [6, 6.07) is -0.449. The molecule has 2 aliphatic rings. The van der Waals surface area contributed by atoms with Gasteiger partial charge in [0.05, 0.1) is 12.0 Å². The van der Waals surface area contributed by atoms with E-state index in [0.29, 0.717) is 32.4 Å². The lowest BCUT2D eigenvalue weighted by molar-refractivity contribution is -0.140. The van der Waals surface area contributed by atoms with Crippen LogP contribution in [0, 0.1) is 0 Å². The number of hydrogen-bond donors (Lipinski definition) is 2. The first kappa shape index (κ1) is 14.8. The van der Waals surface area contributed by atoms with E-state index in [0.717, 1.165) is 0 Å². The number of carbonyl (C=O) groups is 3. The molecule has 2 saturated heterocycles. The number of methoxy groups -OCH3 is 1. The van der Waals surface area contributed by atoms with E-state index in [2.05, 4.69) is 10.6 Å². The van der Waals surface area contributed by atoms with Crippen molar-refractivity contribution in [2.75, 3.05) is 20.2 Å². The molecule has 0 radical (unpaired) electrons. The Labute approximate surface area is 118 Å². The zero-order chi connectivity index (χ0) is 15.0. The zero-order valence-electron chi connectivity index (χ0n) is 12.1. The maximum atomic E-state index is 12.2. The summed E-state index contributed by atoms with van der Waals surface area (Å²) in [5.74, 6) is -0.275. The lowest BCUT2D eigenvalue weighted by Gasteiger charge is -2.38. The van der Waals surface area contributed by atoms with Crippen LogP contribution >= 0.6 is 0 Å². The highest BCUT2D eigenvalue weighted by molar-refractivity contribution is 6.07. The van der Waals surface area contributed by atoms with Crippen molar-refractivity contribution in [2.24, 2.45) is 0 Å². The summed E-state index contributed by atoms with van der Waals surface area (Å²) in [6.45, 7) is 4.65. The average Bonchev–Trinajstić information content (AvgIpc) is 2.64. The maximum Gasteiger partial charge on any atom is 0.322 e. The van der Waals surface area contributed by atoms with Crippen molar-refractivity contribution in [3.63, 3.8) is 0 Å². The molecule has 0 aromatic carbocycles. The average molecular weight is 283 g/mol. The van der Waals surface area contributed by atoms with Gasteiger partial charge in [0.1, 0.15) is 5.54 Å². The normalized spacial score (nSPS) is 21.9. The highest BCUT2D eigenvalue weighted by Gasteiger charge is 2.48. The molecule has 0 aromatic heterocycles. The van der Waals surface area contributed by atoms with Crippen LogP contribution in [0.1, 0.15) is 33.1 Å². The Morgan fingerprint density at radius 2 is 1.95 bits per heavy atom. The molecule has 2 aliphatic heterocycles. The standard InChI is InChI=1S/C13H21N3O4/c1-12(2,20-3)8-9(17)16-6-4-13(5-7-16)10(18)14-11(19)15-13/h4-8H2,1-3H3,(H2,14,15,18,19). The summed E-state index contributed by atoms with van der Waals surface area (Å²) in [4.78, 5) is 36.9. The molecule has 112 valence electrons. The SMILES string of the molecule is COC(C)(C)CC(=O)N1CCC2(CC1)NC(=O)NC2=O. The van der Waals surface area contributed by atoms with E-state index in [9.17, 15) is 14.4 Å². The number of nitrogens with zero attached hydrogens (tertiary/aromatic N) is 1. The minimum atomic E-state index is -0.829. The minimum absolute atomic E-state index is 0.0106. The molecular weight excluding hydrogens is 262 g/mol. The van der Waals surface area contributed by atoms with E-state index in [-0.39, 0.29) is 11.8 Å². The molecule has 2 fully saturated rings. The fraction of sp³-hybridized carbons (Fsp3) is 0.769. The van der Waals surface area contributed by atoms with Gasteiger partial charge in [-0.05, 0) is 26.7 Å².